The van der Waals surface area contributed by atoms with Gasteiger partial charge in [0.05, 0.1) is 34.8 Å². The number of likely N-dealkylation sites (tertiary alicyclic amines) is 1. The molecule has 1 aliphatic heterocycles. The number of aromatic nitrogens is 3. The Morgan fingerprint density at radius 2 is 1.74 bits per heavy atom. The molecule has 1 amide bonds. The van der Waals surface area contributed by atoms with Crippen LogP contribution in [0.3, 0.4) is 0 Å². The average molecular weight is 485 g/mol. The van der Waals surface area contributed by atoms with Crippen molar-refractivity contribution in [3.05, 3.63) is 118 Å². The Morgan fingerprint density at radius 1 is 1.00 bits per heavy atom. The zero-order valence-electron chi connectivity index (χ0n) is 18.8. The Morgan fingerprint density at radius 3 is 2.43 bits per heavy atom. The molecule has 1 aliphatic rings. The van der Waals surface area contributed by atoms with Crippen molar-refractivity contribution < 1.29 is 14.7 Å². The molecule has 8 heteroatoms. The lowest BCUT2D eigenvalue weighted by atomic mass is 9.95. The van der Waals surface area contributed by atoms with Gasteiger partial charge in [-0.2, -0.15) is 5.10 Å². The van der Waals surface area contributed by atoms with Crippen molar-refractivity contribution in [3.63, 3.8) is 0 Å². The molecule has 174 valence electrons. The number of amides is 1. The van der Waals surface area contributed by atoms with E-state index in [2.05, 4.69) is 10.1 Å². The Hall–Kier alpha value is -4.23. The minimum atomic E-state index is -0.799. The van der Waals surface area contributed by atoms with Crippen LogP contribution in [0.5, 0.6) is 0 Å². The number of hydrogen-bond acceptors (Lipinski definition) is 5. The molecule has 0 spiro atoms. The maximum atomic E-state index is 13.3. The van der Waals surface area contributed by atoms with Gasteiger partial charge in [-0.25, -0.2) is 4.68 Å². The summed E-state index contributed by atoms with van der Waals surface area (Å²) in [5.41, 5.74) is 3.27. The van der Waals surface area contributed by atoms with Crippen molar-refractivity contribution in [2.24, 2.45) is 0 Å². The second-order valence-electron chi connectivity index (χ2n) is 8.23. The lowest BCUT2D eigenvalue weighted by Crippen LogP contribution is -2.29. The molecule has 5 rings (SSSR count). The number of nitrogens with zero attached hydrogens (tertiary/aromatic N) is 4. The number of benzene rings is 2. The van der Waals surface area contributed by atoms with Gasteiger partial charge in [0.2, 0.25) is 0 Å². The van der Waals surface area contributed by atoms with E-state index in [-0.39, 0.29) is 17.9 Å². The van der Waals surface area contributed by atoms with E-state index in [0.717, 1.165) is 11.3 Å². The molecular weight excluding hydrogens is 464 g/mol. The number of Topliss-reactive ketones (excluding diaryl/α,β-unsaturated/α-hetero) is 1. The summed E-state index contributed by atoms with van der Waals surface area (Å²) in [7, 11) is 0. The van der Waals surface area contributed by atoms with Gasteiger partial charge in [-0.15, -0.1) is 0 Å². The molecule has 0 saturated carbocycles. The number of ketones is 1. The predicted molar refractivity (Wildman–Crippen MR) is 132 cm³/mol. The van der Waals surface area contributed by atoms with Crippen LogP contribution in [0.2, 0.25) is 5.02 Å². The van der Waals surface area contributed by atoms with Crippen LogP contribution in [-0.4, -0.2) is 36.5 Å². The summed E-state index contributed by atoms with van der Waals surface area (Å²) in [4.78, 5) is 32.0. The highest BCUT2D eigenvalue weighted by molar-refractivity contribution is 6.46. The highest BCUT2D eigenvalue weighted by atomic mass is 35.5. The summed E-state index contributed by atoms with van der Waals surface area (Å²) in [5.74, 6) is -1.71. The number of aliphatic hydroxyl groups excluding tert-OH is 1. The van der Waals surface area contributed by atoms with Gasteiger partial charge in [0.15, 0.2) is 0 Å². The topological polar surface area (TPSA) is 88.3 Å². The van der Waals surface area contributed by atoms with Gasteiger partial charge in [0.1, 0.15) is 5.76 Å². The number of pyridine rings is 1. The fourth-order valence-electron chi connectivity index (χ4n) is 4.34. The van der Waals surface area contributed by atoms with Gasteiger partial charge in [0, 0.05) is 24.0 Å². The van der Waals surface area contributed by atoms with E-state index in [4.69, 9.17) is 11.6 Å². The Kier molecular flexibility index (Phi) is 5.93. The van der Waals surface area contributed by atoms with Gasteiger partial charge < -0.3 is 10.0 Å². The van der Waals surface area contributed by atoms with Gasteiger partial charge in [0.25, 0.3) is 11.7 Å². The predicted octanol–water partition coefficient (Wildman–Crippen LogP) is 4.85. The normalized spacial score (nSPS) is 17.2. The van der Waals surface area contributed by atoms with Crippen LogP contribution in [0.1, 0.15) is 28.4 Å². The molecule has 0 bridgehead atoms. The third-order valence-corrected chi connectivity index (χ3v) is 6.32. The molecule has 0 aliphatic carbocycles. The van der Waals surface area contributed by atoms with Gasteiger partial charge in [-0.3, -0.25) is 14.6 Å². The zero-order valence-corrected chi connectivity index (χ0v) is 19.6. The SMILES string of the molecule is Cc1c(C(O)=C2C(=O)C(=O)N(Cc3cccnc3)C2c2ccc(Cl)cc2)cnn1-c1ccccc1. The van der Waals surface area contributed by atoms with Crippen LogP contribution >= 0.6 is 11.6 Å². The summed E-state index contributed by atoms with van der Waals surface area (Å²) in [6.07, 6.45) is 4.79. The van der Waals surface area contributed by atoms with E-state index in [9.17, 15) is 14.7 Å². The van der Waals surface area contributed by atoms with Crippen molar-refractivity contribution in [1.82, 2.24) is 19.7 Å². The summed E-state index contributed by atoms with van der Waals surface area (Å²) in [6, 6.07) is 19.2. The highest BCUT2D eigenvalue weighted by Gasteiger charge is 2.46. The monoisotopic (exact) mass is 484 g/mol. The van der Waals surface area contributed by atoms with E-state index in [1.165, 1.54) is 11.1 Å². The van der Waals surface area contributed by atoms with Crippen molar-refractivity contribution in [2.75, 3.05) is 0 Å². The van der Waals surface area contributed by atoms with E-state index < -0.39 is 17.7 Å². The average Bonchev–Trinajstić information content (AvgIpc) is 3.38. The van der Waals surface area contributed by atoms with Crippen LogP contribution in [0.15, 0.2) is 90.9 Å². The molecule has 0 radical (unpaired) electrons. The van der Waals surface area contributed by atoms with Crippen LogP contribution in [0, 0.1) is 6.92 Å². The number of hydrogen-bond donors (Lipinski definition) is 1. The minimum absolute atomic E-state index is 0.0110. The standard InChI is InChI=1S/C27H21ClN4O3/c1-17-22(15-30-32(17)21-7-3-2-4-8-21)25(33)23-24(19-9-11-20(28)12-10-19)31(27(35)26(23)34)16-18-6-5-13-29-14-18/h2-15,24,33H,16H2,1H3. The van der Waals surface area contributed by atoms with Crippen LogP contribution < -0.4 is 0 Å². The molecule has 1 atom stereocenters. The first-order valence-electron chi connectivity index (χ1n) is 11.0. The smallest absolute Gasteiger partial charge is 0.295 e. The maximum Gasteiger partial charge on any atom is 0.295 e. The summed E-state index contributed by atoms with van der Waals surface area (Å²) in [6.45, 7) is 1.96. The number of halogens is 1. The molecule has 7 nitrogen and oxygen atoms in total. The minimum Gasteiger partial charge on any atom is -0.507 e. The van der Waals surface area contributed by atoms with E-state index in [1.54, 1.807) is 54.3 Å². The first-order valence-corrected chi connectivity index (χ1v) is 11.4. The fourth-order valence-corrected chi connectivity index (χ4v) is 4.47. The van der Waals surface area contributed by atoms with Gasteiger partial charge in [-0.1, -0.05) is 48.0 Å². The number of rotatable bonds is 5. The van der Waals surface area contributed by atoms with Crippen molar-refractivity contribution >= 4 is 29.1 Å². The Labute approximate surface area is 206 Å². The molecule has 1 N–H and O–H groups in total. The molecular formula is C27H21ClN4O3. The largest absolute Gasteiger partial charge is 0.507 e. The zero-order chi connectivity index (χ0) is 24.5. The number of aliphatic hydroxyl groups is 1. The molecule has 2 aromatic carbocycles. The fraction of sp³-hybridized carbons (Fsp3) is 0.111. The van der Waals surface area contributed by atoms with Crippen LogP contribution in [-0.2, 0) is 16.1 Å². The maximum absolute atomic E-state index is 13.3. The van der Waals surface area contributed by atoms with Crippen molar-refractivity contribution in [2.45, 2.75) is 19.5 Å². The van der Waals surface area contributed by atoms with Gasteiger partial charge >= 0.3 is 0 Å². The highest BCUT2D eigenvalue weighted by Crippen LogP contribution is 2.41. The second kappa shape index (κ2) is 9.19. The number of carbonyl (C=O) groups excluding carboxylic acids is 2. The van der Waals surface area contributed by atoms with Crippen molar-refractivity contribution in [1.29, 1.82) is 0 Å². The Bertz CT molecular complexity index is 1430. The lowest BCUT2D eigenvalue weighted by Gasteiger charge is -2.25. The van der Waals surface area contributed by atoms with E-state index in [1.807, 2.05) is 36.4 Å². The summed E-state index contributed by atoms with van der Waals surface area (Å²) in [5, 5.41) is 16.3. The molecule has 1 fully saturated rings. The first kappa shape index (κ1) is 22.6. The number of carbonyl (C=O) groups is 2. The van der Waals surface area contributed by atoms with Gasteiger partial charge in [-0.05, 0) is 48.4 Å². The third kappa shape index (κ3) is 4.11. The first-order chi connectivity index (χ1) is 17.0. The molecule has 3 heterocycles. The third-order valence-electron chi connectivity index (χ3n) is 6.07. The van der Waals surface area contributed by atoms with Crippen LogP contribution in [0.25, 0.3) is 11.4 Å². The second-order valence-corrected chi connectivity index (χ2v) is 8.67. The molecule has 2 aromatic heterocycles. The molecule has 4 aromatic rings. The summed E-state index contributed by atoms with van der Waals surface area (Å²) < 4.78 is 1.68. The van der Waals surface area contributed by atoms with Crippen molar-refractivity contribution in [3.8, 4) is 5.69 Å². The van der Waals surface area contributed by atoms with E-state index >= 15 is 0 Å². The van der Waals surface area contributed by atoms with Crippen LogP contribution in [0.4, 0.5) is 0 Å². The number of para-hydroxylation sites is 1. The van der Waals surface area contributed by atoms with E-state index in [0.29, 0.717) is 21.8 Å². The molecule has 1 unspecified atom stereocenters. The molecule has 1 saturated heterocycles. The quantitative estimate of drug-likeness (QED) is 0.248. The Balaban J connectivity index is 1.64. The lowest BCUT2D eigenvalue weighted by molar-refractivity contribution is -0.140. The summed E-state index contributed by atoms with van der Waals surface area (Å²) >= 11 is 6.09. The molecule has 35 heavy (non-hydrogen) atoms.